The van der Waals surface area contributed by atoms with Crippen molar-refractivity contribution in [3.05, 3.63) is 35.6 Å². The predicted octanol–water partition coefficient (Wildman–Crippen LogP) is 2.68. The zero-order valence-corrected chi connectivity index (χ0v) is 7.79. The molecule has 0 amide bonds. The highest BCUT2D eigenvalue weighted by atomic mass is 16.3. The fourth-order valence-corrected chi connectivity index (χ4v) is 1.35. The van der Waals surface area contributed by atoms with E-state index in [0.29, 0.717) is 18.4 Å². The number of allylic oxidation sites excluding steroid dienone is 5. The van der Waals surface area contributed by atoms with Gasteiger partial charge < -0.3 is 5.11 Å². The lowest BCUT2D eigenvalue weighted by Gasteiger charge is -1.95. The quantitative estimate of drug-likeness (QED) is 0.401. The molecule has 0 radical (unpaired) electrons. The van der Waals surface area contributed by atoms with Gasteiger partial charge in [-0.05, 0) is 25.8 Å². The zero-order valence-electron chi connectivity index (χ0n) is 7.79. The summed E-state index contributed by atoms with van der Waals surface area (Å²) in [4.78, 5) is 11.2. The van der Waals surface area contributed by atoms with Crippen molar-refractivity contribution in [3.63, 3.8) is 0 Å². The maximum atomic E-state index is 11.2. The number of hydrogen-bond donors (Lipinski definition) is 1. The van der Waals surface area contributed by atoms with Gasteiger partial charge in [-0.3, -0.25) is 4.79 Å². The summed E-state index contributed by atoms with van der Waals surface area (Å²) >= 11 is 0. The topological polar surface area (TPSA) is 37.3 Å². The van der Waals surface area contributed by atoms with Crippen molar-refractivity contribution in [1.82, 2.24) is 0 Å². The van der Waals surface area contributed by atoms with E-state index in [-0.39, 0.29) is 11.5 Å². The van der Waals surface area contributed by atoms with Crippen LogP contribution in [0.4, 0.5) is 0 Å². The Labute approximate surface area is 78.3 Å². The highest BCUT2D eigenvalue weighted by molar-refractivity contribution is 5.98. The van der Waals surface area contributed by atoms with Crippen LogP contribution < -0.4 is 0 Å². The van der Waals surface area contributed by atoms with E-state index in [4.69, 9.17) is 0 Å². The lowest BCUT2D eigenvalue weighted by Crippen LogP contribution is -1.95. The first-order chi connectivity index (χ1) is 6.25. The third kappa shape index (κ3) is 2.58. The predicted molar refractivity (Wildman–Crippen MR) is 52.5 cm³/mol. The van der Waals surface area contributed by atoms with E-state index in [0.717, 1.165) is 6.42 Å². The summed E-state index contributed by atoms with van der Waals surface area (Å²) in [6.45, 7) is 1.90. The molecule has 2 heteroatoms. The molecule has 1 rings (SSSR count). The van der Waals surface area contributed by atoms with Crippen LogP contribution in [0, 0.1) is 0 Å². The van der Waals surface area contributed by atoms with Gasteiger partial charge in [0, 0.05) is 12.0 Å². The molecule has 0 atom stereocenters. The molecule has 1 fully saturated rings. The van der Waals surface area contributed by atoms with Crippen LogP contribution >= 0.6 is 0 Å². The molecule has 70 valence electrons. The van der Waals surface area contributed by atoms with Gasteiger partial charge in [0.2, 0.25) is 0 Å². The van der Waals surface area contributed by atoms with Gasteiger partial charge >= 0.3 is 0 Å². The fourth-order valence-electron chi connectivity index (χ4n) is 1.35. The van der Waals surface area contributed by atoms with Crippen LogP contribution in [0.2, 0.25) is 0 Å². The summed E-state index contributed by atoms with van der Waals surface area (Å²) in [6.07, 6.45) is 9.14. The molecule has 2 nitrogen and oxygen atoms in total. The monoisotopic (exact) mass is 178 g/mol. The van der Waals surface area contributed by atoms with E-state index in [2.05, 4.69) is 0 Å². The van der Waals surface area contributed by atoms with Crippen LogP contribution in [-0.2, 0) is 4.79 Å². The van der Waals surface area contributed by atoms with Crippen molar-refractivity contribution >= 4 is 5.78 Å². The average molecular weight is 178 g/mol. The first kappa shape index (κ1) is 9.78. The number of carbonyl (C=O) groups excluding carboxylic acids is 1. The average Bonchev–Trinajstić information content (AvgIpc) is 2.52. The van der Waals surface area contributed by atoms with Crippen molar-refractivity contribution in [2.24, 2.45) is 0 Å². The molecule has 0 saturated heterocycles. The number of Topliss-reactive ketones (excluding diaryl/α,β-unsaturated/α-hetero) is 1. The van der Waals surface area contributed by atoms with Crippen LogP contribution in [0.3, 0.4) is 0 Å². The minimum absolute atomic E-state index is 0.0858. The first-order valence-corrected chi connectivity index (χ1v) is 4.50. The summed E-state index contributed by atoms with van der Waals surface area (Å²) in [6, 6.07) is 0. The maximum Gasteiger partial charge on any atom is 0.162 e. The SMILES string of the molecule is C/C=C/C=C/C(O)=C1/CCCC1=O. The molecule has 1 aliphatic rings. The van der Waals surface area contributed by atoms with Gasteiger partial charge in [0.1, 0.15) is 5.76 Å². The lowest BCUT2D eigenvalue weighted by atomic mass is 10.1. The number of ketones is 1. The van der Waals surface area contributed by atoms with Gasteiger partial charge in [0.25, 0.3) is 0 Å². The number of rotatable bonds is 2. The van der Waals surface area contributed by atoms with E-state index in [9.17, 15) is 9.90 Å². The molecule has 1 aliphatic carbocycles. The molecular formula is C11H14O2. The molecule has 13 heavy (non-hydrogen) atoms. The molecule has 0 aromatic carbocycles. The molecule has 0 bridgehead atoms. The Balaban J connectivity index is 2.73. The number of aliphatic hydroxyl groups is 1. The Kier molecular flexibility index (Phi) is 3.50. The van der Waals surface area contributed by atoms with E-state index in [1.807, 2.05) is 19.1 Å². The minimum atomic E-state index is 0.0858. The number of aliphatic hydroxyl groups excluding tert-OH is 1. The third-order valence-electron chi connectivity index (χ3n) is 2.03. The molecule has 0 aliphatic heterocycles. The molecule has 0 unspecified atom stereocenters. The smallest absolute Gasteiger partial charge is 0.162 e. The Hall–Kier alpha value is -1.31. The molecule has 0 spiro atoms. The molecule has 0 aromatic rings. The van der Waals surface area contributed by atoms with Crippen LogP contribution in [0.25, 0.3) is 0 Å². The number of hydrogen-bond acceptors (Lipinski definition) is 2. The van der Waals surface area contributed by atoms with E-state index in [1.54, 1.807) is 12.2 Å². The maximum absolute atomic E-state index is 11.2. The second kappa shape index (κ2) is 4.65. The Morgan fingerprint density at radius 3 is 2.69 bits per heavy atom. The highest BCUT2D eigenvalue weighted by Crippen LogP contribution is 2.23. The van der Waals surface area contributed by atoms with Crippen LogP contribution in [0.1, 0.15) is 26.2 Å². The van der Waals surface area contributed by atoms with Crippen molar-refractivity contribution in [1.29, 1.82) is 0 Å². The van der Waals surface area contributed by atoms with Gasteiger partial charge in [-0.25, -0.2) is 0 Å². The van der Waals surface area contributed by atoms with Crippen molar-refractivity contribution in [2.45, 2.75) is 26.2 Å². The van der Waals surface area contributed by atoms with Crippen molar-refractivity contribution < 1.29 is 9.90 Å². The van der Waals surface area contributed by atoms with Gasteiger partial charge in [0.15, 0.2) is 5.78 Å². The van der Waals surface area contributed by atoms with Gasteiger partial charge in [-0.15, -0.1) is 0 Å². The van der Waals surface area contributed by atoms with Gasteiger partial charge in [-0.1, -0.05) is 18.2 Å². The van der Waals surface area contributed by atoms with Gasteiger partial charge in [0.05, 0.1) is 0 Å². The van der Waals surface area contributed by atoms with E-state index in [1.165, 1.54) is 0 Å². The molecule has 0 heterocycles. The summed E-state index contributed by atoms with van der Waals surface area (Å²) in [5, 5.41) is 9.48. The Bertz CT molecular complexity index is 282. The molecule has 1 N–H and O–H groups in total. The van der Waals surface area contributed by atoms with Crippen LogP contribution in [0.5, 0.6) is 0 Å². The summed E-state index contributed by atoms with van der Waals surface area (Å²) < 4.78 is 0. The standard InChI is InChI=1S/C11H14O2/c1-2-3-4-7-10(12)9-6-5-8-11(9)13/h2-4,7,12H,5-6,8H2,1H3/b3-2+,7-4+,10-9+. The number of carbonyl (C=O) groups is 1. The minimum Gasteiger partial charge on any atom is -0.508 e. The highest BCUT2D eigenvalue weighted by Gasteiger charge is 2.19. The van der Waals surface area contributed by atoms with Crippen LogP contribution in [0.15, 0.2) is 35.6 Å². The van der Waals surface area contributed by atoms with E-state index < -0.39 is 0 Å². The molecule has 1 saturated carbocycles. The van der Waals surface area contributed by atoms with Crippen molar-refractivity contribution in [2.75, 3.05) is 0 Å². The molecular weight excluding hydrogens is 164 g/mol. The fraction of sp³-hybridized carbons (Fsp3) is 0.364. The van der Waals surface area contributed by atoms with Gasteiger partial charge in [-0.2, -0.15) is 0 Å². The van der Waals surface area contributed by atoms with E-state index >= 15 is 0 Å². The first-order valence-electron chi connectivity index (χ1n) is 4.50. The third-order valence-corrected chi connectivity index (χ3v) is 2.03. The normalized spacial score (nSPS) is 22.1. The zero-order chi connectivity index (χ0) is 9.68. The molecule has 0 aromatic heterocycles. The lowest BCUT2D eigenvalue weighted by molar-refractivity contribution is -0.114. The van der Waals surface area contributed by atoms with Crippen molar-refractivity contribution in [3.8, 4) is 0 Å². The summed E-state index contributed by atoms with van der Waals surface area (Å²) in [5.41, 5.74) is 0.584. The summed E-state index contributed by atoms with van der Waals surface area (Å²) in [5.74, 6) is 0.211. The largest absolute Gasteiger partial charge is 0.508 e. The Morgan fingerprint density at radius 1 is 1.38 bits per heavy atom. The second-order valence-corrected chi connectivity index (χ2v) is 3.03. The Morgan fingerprint density at radius 2 is 2.15 bits per heavy atom. The van der Waals surface area contributed by atoms with Crippen LogP contribution in [-0.4, -0.2) is 10.9 Å². The summed E-state index contributed by atoms with van der Waals surface area (Å²) in [7, 11) is 0. The second-order valence-electron chi connectivity index (χ2n) is 3.03.